The minimum absolute atomic E-state index is 0.231. The summed E-state index contributed by atoms with van der Waals surface area (Å²) in [5, 5.41) is 6.80. The third kappa shape index (κ3) is 4.38. The second kappa shape index (κ2) is 8.09. The first-order chi connectivity index (χ1) is 13.0. The molecule has 0 spiro atoms. The highest BCUT2D eigenvalue weighted by atomic mass is 32.1. The fraction of sp³-hybridized carbons (Fsp3) is 0.200. The summed E-state index contributed by atoms with van der Waals surface area (Å²) in [6.07, 6.45) is 0. The Kier molecular flexibility index (Phi) is 5.61. The van der Waals surface area contributed by atoms with Crippen LogP contribution in [0.5, 0.6) is 11.5 Å². The Labute approximate surface area is 162 Å². The molecule has 0 aliphatic carbocycles. The van der Waals surface area contributed by atoms with Crippen molar-refractivity contribution < 1.29 is 14.3 Å². The first-order valence-electron chi connectivity index (χ1n) is 8.34. The highest BCUT2D eigenvalue weighted by Crippen LogP contribution is 2.31. The summed E-state index contributed by atoms with van der Waals surface area (Å²) in [5.41, 5.74) is 3.33. The minimum Gasteiger partial charge on any atom is -0.497 e. The lowest BCUT2D eigenvalue weighted by atomic mass is 10.2. The number of amides is 1. The quantitative estimate of drug-likeness (QED) is 0.641. The molecule has 0 unspecified atom stereocenters. The van der Waals surface area contributed by atoms with Gasteiger partial charge < -0.3 is 20.1 Å². The van der Waals surface area contributed by atoms with Crippen LogP contribution < -0.4 is 20.1 Å². The van der Waals surface area contributed by atoms with Crippen LogP contribution in [-0.4, -0.2) is 25.1 Å². The lowest BCUT2D eigenvalue weighted by Crippen LogP contribution is -2.12. The number of methoxy groups -OCH3 is 2. The molecule has 0 radical (unpaired) electrons. The van der Waals surface area contributed by atoms with Crippen molar-refractivity contribution in [3.63, 3.8) is 0 Å². The Morgan fingerprint density at radius 1 is 1.07 bits per heavy atom. The van der Waals surface area contributed by atoms with E-state index < -0.39 is 0 Å². The van der Waals surface area contributed by atoms with E-state index >= 15 is 0 Å². The molecule has 2 aromatic carbocycles. The van der Waals surface area contributed by atoms with Gasteiger partial charge in [0.25, 0.3) is 5.91 Å². The number of hydrogen-bond acceptors (Lipinski definition) is 6. The molecule has 0 saturated heterocycles. The minimum atomic E-state index is -0.231. The van der Waals surface area contributed by atoms with Gasteiger partial charge in [0.1, 0.15) is 16.4 Å². The third-order valence-corrected chi connectivity index (χ3v) is 5.00. The zero-order chi connectivity index (χ0) is 19.4. The molecular formula is C20H21N3O3S. The fourth-order valence-electron chi connectivity index (χ4n) is 2.59. The summed E-state index contributed by atoms with van der Waals surface area (Å²) >= 11 is 1.31. The number of ether oxygens (including phenoxy) is 2. The van der Waals surface area contributed by atoms with Gasteiger partial charge in [-0.05, 0) is 43.7 Å². The second-order valence-corrected chi connectivity index (χ2v) is 6.95. The van der Waals surface area contributed by atoms with Crippen LogP contribution in [0.25, 0.3) is 0 Å². The van der Waals surface area contributed by atoms with Crippen LogP contribution in [0.1, 0.15) is 20.9 Å². The van der Waals surface area contributed by atoms with Crippen molar-refractivity contribution in [1.29, 1.82) is 0 Å². The van der Waals surface area contributed by atoms with E-state index in [0.717, 1.165) is 11.3 Å². The van der Waals surface area contributed by atoms with Crippen molar-refractivity contribution in [2.45, 2.75) is 13.8 Å². The molecule has 3 rings (SSSR count). The number of anilines is 3. The van der Waals surface area contributed by atoms with Gasteiger partial charge in [0.15, 0.2) is 5.13 Å². The summed E-state index contributed by atoms with van der Waals surface area (Å²) in [7, 11) is 3.13. The Morgan fingerprint density at radius 3 is 2.59 bits per heavy atom. The number of carbonyl (C=O) groups is 1. The molecule has 3 aromatic rings. The largest absolute Gasteiger partial charge is 0.497 e. The standard InChI is InChI=1S/C20H21N3O3S/c1-12-6-5-7-14(10-12)22-20-21-13(2)18(27-20)19(24)23-16-9-8-15(25-3)11-17(16)26-4/h5-11H,1-4H3,(H,21,22)(H,23,24). The van der Waals surface area contributed by atoms with Crippen molar-refractivity contribution in [3.8, 4) is 11.5 Å². The van der Waals surface area contributed by atoms with Gasteiger partial charge in [-0.1, -0.05) is 23.5 Å². The van der Waals surface area contributed by atoms with Gasteiger partial charge in [0, 0.05) is 11.8 Å². The number of rotatable bonds is 6. The predicted molar refractivity (Wildman–Crippen MR) is 109 cm³/mol. The molecular weight excluding hydrogens is 362 g/mol. The topological polar surface area (TPSA) is 72.5 Å². The van der Waals surface area contributed by atoms with E-state index in [2.05, 4.69) is 15.6 Å². The zero-order valence-corrected chi connectivity index (χ0v) is 16.4. The SMILES string of the molecule is COc1ccc(NC(=O)c2sc(Nc3cccc(C)c3)nc2C)c(OC)c1. The average Bonchev–Trinajstić information content (AvgIpc) is 3.02. The van der Waals surface area contributed by atoms with Gasteiger partial charge in [-0.25, -0.2) is 4.98 Å². The molecule has 1 amide bonds. The second-order valence-electron chi connectivity index (χ2n) is 5.95. The van der Waals surface area contributed by atoms with Gasteiger partial charge in [0.05, 0.1) is 25.6 Å². The maximum Gasteiger partial charge on any atom is 0.267 e. The number of nitrogens with one attached hydrogen (secondary N) is 2. The number of carbonyl (C=O) groups excluding carboxylic acids is 1. The predicted octanol–water partition coefficient (Wildman–Crippen LogP) is 4.77. The van der Waals surface area contributed by atoms with Crippen LogP contribution in [0.3, 0.4) is 0 Å². The Hall–Kier alpha value is -3.06. The number of hydrogen-bond donors (Lipinski definition) is 2. The van der Waals surface area contributed by atoms with Gasteiger partial charge in [-0.3, -0.25) is 4.79 Å². The number of aryl methyl sites for hydroxylation is 2. The Morgan fingerprint density at radius 2 is 1.89 bits per heavy atom. The Bertz CT molecular complexity index is 969. The van der Waals surface area contributed by atoms with Crippen molar-refractivity contribution in [1.82, 2.24) is 4.98 Å². The number of thiazole rings is 1. The first kappa shape index (κ1) is 18.7. The normalized spacial score (nSPS) is 10.4. The van der Waals surface area contributed by atoms with E-state index in [1.165, 1.54) is 11.3 Å². The van der Waals surface area contributed by atoms with Crippen LogP contribution in [-0.2, 0) is 0 Å². The van der Waals surface area contributed by atoms with E-state index in [9.17, 15) is 4.79 Å². The summed E-state index contributed by atoms with van der Waals surface area (Å²) in [5.74, 6) is 0.956. The molecule has 0 atom stereocenters. The monoisotopic (exact) mass is 383 g/mol. The molecule has 1 heterocycles. The van der Waals surface area contributed by atoms with Crippen molar-refractivity contribution >= 4 is 33.8 Å². The molecule has 2 N–H and O–H groups in total. The number of nitrogens with zero attached hydrogens (tertiary/aromatic N) is 1. The molecule has 140 valence electrons. The van der Waals surface area contributed by atoms with Gasteiger partial charge in [-0.2, -0.15) is 0 Å². The maximum atomic E-state index is 12.7. The highest BCUT2D eigenvalue weighted by molar-refractivity contribution is 7.17. The lowest BCUT2D eigenvalue weighted by molar-refractivity contribution is 0.102. The van der Waals surface area contributed by atoms with E-state index in [1.54, 1.807) is 32.4 Å². The molecule has 1 aromatic heterocycles. The van der Waals surface area contributed by atoms with Gasteiger partial charge >= 0.3 is 0 Å². The van der Waals surface area contributed by atoms with Crippen LogP contribution in [0.2, 0.25) is 0 Å². The maximum absolute atomic E-state index is 12.7. The summed E-state index contributed by atoms with van der Waals surface area (Å²) in [4.78, 5) is 17.7. The molecule has 0 bridgehead atoms. The van der Waals surface area contributed by atoms with Crippen molar-refractivity contribution in [2.24, 2.45) is 0 Å². The van der Waals surface area contributed by atoms with E-state index in [0.29, 0.717) is 32.9 Å². The number of benzene rings is 2. The first-order valence-corrected chi connectivity index (χ1v) is 9.16. The van der Waals surface area contributed by atoms with Gasteiger partial charge in [-0.15, -0.1) is 0 Å². The molecule has 6 nitrogen and oxygen atoms in total. The van der Waals surface area contributed by atoms with Gasteiger partial charge in [0.2, 0.25) is 0 Å². The molecule has 0 aliphatic rings. The van der Waals surface area contributed by atoms with E-state index in [1.807, 2.05) is 38.1 Å². The molecule has 0 fully saturated rings. The zero-order valence-electron chi connectivity index (χ0n) is 15.6. The van der Waals surface area contributed by atoms with Crippen LogP contribution >= 0.6 is 11.3 Å². The van der Waals surface area contributed by atoms with Crippen LogP contribution in [0, 0.1) is 13.8 Å². The molecule has 0 saturated carbocycles. The van der Waals surface area contributed by atoms with Crippen molar-refractivity contribution in [2.75, 3.05) is 24.9 Å². The summed E-state index contributed by atoms with van der Waals surface area (Å²) < 4.78 is 10.5. The summed E-state index contributed by atoms with van der Waals surface area (Å²) in [6, 6.07) is 13.2. The highest BCUT2D eigenvalue weighted by Gasteiger charge is 2.17. The average molecular weight is 383 g/mol. The molecule has 7 heteroatoms. The van der Waals surface area contributed by atoms with E-state index in [-0.39, 0.29) is 5.91 Å². The summed E-state index contributed by atoms with van der Waals surface area (Å²) in [6.45, 7) is 3.84. The molecule has 0 aliphatic heterocycles. The Balaban J connectivity index is 1.78. The third-order valence-electron chi connectivity index (χ3n) is 3.93. The smallest absolute Gasteiger partial charge is 0.267 e. The molecule has 27 heavy (non-hydrogen) atoms. The fourth-order valence-corrected chi connectivity index (χ4v) is 3.47. The van der Waals surface area contributed by atoms with Crippen molar-refractivity contribution in [3.05, 3.63) is 58.6 Å². The van der Waals surface area contributed by atoms with E-state index in [4.69, 9.17) is 9.47 Å². The van der Waals surface area contributed by atoms with Crippen LogP contribution in [0.15, 0.2) is 42.5 Å². The number of aromatic nitrogens is 1. The van der Waals surface area contributed by atoms with Crippen LogP contribution in [0.4, 0.5) is 16.5 Å². The lowest BCUT2D eigenvalue weighted by Gasteiger charge is -2.11.